The first kappa shape index (κ1) is 12.1. The van der Waals surface area contributed by atoms with E-state index >= 15 is 0 Å². The maximum absolute atomic E-state index is 5.50. The summed E-state index contributed by atoms with van der Waals surface area (Å²) in [5.74, 6) is 1.83. The van der Waals surface area contributed by atoms with Gasteiger partial charge >= 0.3 is 0 Å². The quantitative estimate of drug-likeness (QED) is 0.831. The van der Waals surface area contributed by atoms with Crippen molar-refractivity contribution in [3.8, 4) is 11.3 Å². The molecule has 0 aliphatic heterocycles. The number of aromatic nitrogens is 1. The summed E-state index contributed by atoms with van der Waals surface area (Å²) in [6, 6.07) is 2.02. The predicted molar refractivity (Wildman–Crippen MR) is 69.7 cm³/mol. The summed E-state index contributed by atoms with van der Waals surface area (Å²) in [5, 5.41) is 6.16. The van der Waals surface area contributed by atoms with E-state index < -0.39 is 0 Å². The molecule has 0 saturated heterocycles. The molecule has 0 spiro atoms. The van der Waals surface area contributed by atoms with Crippen molar-refractivity contribution in [3.05, 3.63) is 23.0 Å². The fraction of sp³-hybridized carbons (Fsp3) is 0.417. The third-order valence-electron chi connectivity index (χ3n) is 2.40. The smallest absolute Gasteiger partial charge is 0.183 e. The molecule has 0 atom stereocenters. The molecule has 0 amide bonds. The molecule has 2 rings (SSSR count). The molecule has 0 bridgehead atoms. The van der Waals surface area contributed by atoms with Crippen LogP contribution in [0.5, 0.6) is 0 Å². The number of nitrogens with one attached hydrogen (secondary N) is 1. The molecular formula is C12H16N2O2S. The van der Waals surface area contributed by atoms with Crippen LogP contribution < -0.4 is 5.32 Å². The van der Waals surface area contributed by atoms with E-state index in [1.54, 1.807) is 18.4 Å². The maximum atomic E-state index is 5.50. The van der Waals surface area contributed by atoms with Crippen molar-refractivity contribution in [2.24, 2.45) is 0 Å². The first-order valence-corrected chi connectivity index (χ1v) is 6.34. The number of furan rings is 1. The van der Waals surface area contributed by atoms with Gasteiger partial charge in [0.25, 0.3) is 0 Å². The fourth-order valence-corrected chi connectivity index (χ4v) is 2.36. The number of anilines is 1. The molecule has 0 aliphatic carbocycles. The van der Waals surface area contributed by atoms with Gasteiger partial charge in [0.2, 0.25) is 0 Å². The molecule has 0 unspecified atom stereocenters. The third kappa shape index (κ3) is 2.87. The van der Waals surface area contributed by atoms with Crippen LogP contribution in [0.25, 0.3) is 11.3 Å². The van der Waals surface area contributed by atoms with E-state index in [9.17, 15) is 0 Å². The number of ether oxygens (including phenoxy) is 1. The van der Waals surface area contributed by atoms with Crippen LogP contribution in [0, 0.1) is 13.8 Å². The lowest BCUT2D eigenvalue weighted by Gasteiger charge is -1.99. The monoisotopic (exact) mass is 252 g/mol. The van der Waals surface area contributed by atoms with Crippen LogP contribution in [0.3, 0.4) is 0 Å². The normalized spacial score (nSPS) is 10.8. The lowest BCUT2D eigenvalue weighted by molar-refractivity contribution is 0.211. The number of thiazole rings is 1. The van der Waals surface area contributed by atoms with E-state index in [4.69, 9.17) is 9.15 Å². The largest absolute Gasteiger partial charge is 0.466 e. The highest BCUT2D eigenvalue weighted by Gasteiger charge is 2.10. The van der Waals surface area contributed by atoms with Gasteiger partial charge in [0.15, 0.2) is 5.13 Å². The van der Waals surface area contributed by atoms with Crippen LogP contribution in [-0.2, 0) is 4.74 Å². The highest BCUT2D eigenvalue weighted by molar-refractivity contribution is 7.14. The molecule has 17 heavy (non-hydrogen) atoms. The zero-order valence-electron chi connectivity index (χ0n) is 10.2. The zero-order valence-corrected chi connectivity index (χ0v) is 11.1. The van der Waals surface area contributed by atoms with Gasteiger partial charge in [0, 0.05) is 24.6 Å². The molecule has 0 fully saturated rings. The Hall–Kier alpha value is -1.33. The fourth-order valence-electron chi connectivity index (χ4n) is 1.62. The van der Waals surface area contributed by atoms with E-state index in [-0.39, 0.29) is 0 Å². The van der Waals surface area contributed by atoms with Gasteiger partial charge in [-0.25, -0.2) is 4.98 Å². The van der Waals surface area contributed by atoms with Crippen LogP contribution in [-0.4, -0.2) is 25.2 Å². The summed E-state index contributed by atoms with van der Waals surface area (Å²) in [4.78, 5) is 4.52. The Morgan fingerprint density at radius 2 is 2.29 bits per heavy atom. The molecule has 92 valence electrons. The number of rotatable bonds is 5. The molecule has 0 aromatic carbocycles. The number of aryl methyl sites for hydroxylation is 2. The number of methoxy groups -OCH3 is 1. The second kappa shape index (κ2) is 5.33. The Morgan fingerprint density at radius 3 is 2.94 bits per heavy atom. The average molecular weight is 252 g/mol. The molecule has 5 heteroatoms. The predicted octanol–water partition coefficient (Wildman–Crippen LogP) is 3.08. The van der Waals surface area contributed by atoms with Crippen LogP contribution in [0.4, 0.5) is 5.13 Å². The Morgan fingerprint density at radius 1 is 1.47 bits per heavy atom. The molecule has 1 N–H and O–H groups in total. The van der Waals surface area contributed by atoms with Crippen LogP contribution >= 0.6 is 11.3 Å². The van der Waals surface area contributed by atoms with Crippen molar-refractivity contribution >= 4 is 16.5 Å². The Bertz CT molecular complexity index is 490. The topological polar surface area (TPSA) is 47.3 Å². The third-order valence-corrected chi connectivity index (χ3v) is 3.20. The first-order valence-electron chi connectivity index (χ1n) is 5.46. The van der Waals surface area contributed by atoms with E-state index in [0.29, 0.717) is 6.61 Å². The molecule has 0 saturated carbocycles. The first-order chi connectivity index (χ1) is 8.20. The summed E-state index contributed by atoms with van der Waals surface area (Å²) < 4.78 is 10.5. The number of nitrogens with zero attached hydrogens (tertiary/aromatic N) is 1. The lowest BCUT2D eigenvalue weighted by atomic mass is 10.2. The Labute approximate surface area is 105 Å². The Balaban J connectivity index is 2.10. The van der Waals surface area contributed by atoms with Gasteiger partial charge in [-0.05, 0) is 19.9 Å². The minimum Gasteiger partial charge on any atom is -0.466 e. The SMILES string of the molecule is COCCNc1nc(-c2cc(C)oc2C)cs1. The summed E-state index contributed by atoms with van der Waals surface area (Å²) in [6.07, 6.45) is 0. The van der Waals surface area contributed by atoms with E-state index in [0.717, 1.165) is 34.5 Å². The summed E-state index contributed by atoms with van der Waals surface area (Å²) in [6.45, 7) is 5.35. The van der Waals surface area contributed by atoms with Crippen molar-refractivity contribution in [1.82, 2.24) is 4.98 Å². The van der Waals surface area contributed by atoms with Gasteiger partial charge in [-0.15, -0.1) is 11.3 Å². The minimum atomic E-state index is 0.679. The average Bonchev–Trinajstić information content (AvgIpc) is 2.86. The van der Waals surface area contributed by atoms with E-state index in [1.165, 1.54) is 0 Å². The standard InChI is InChI=1S/C12H16N2O2S/c1-8-6-10(9(2)16-8)11-7-17-12(14-11)13-4-5-15-3/h6-7H,4-5H2,1-3H3,(H,13,14). The molecular weight excluding hydrogens is 236 g/mol. The van der Waals surface area contributed by atoms with E-state index in [2.05, 4.69) is 10.3 Å². The van der Waals surface area contributed by atoms with Gasteiger partial charge in [0.1, 0.15) is 11.5 Å². The highest BCUT2D eigenvalue weighted by atomic mass is 32.1. The molecule has 2 aromatic heterocycles. The van der Waals surface area contributed by atoms with E-state index in [1.807, 2.05) is 25.3 Å². The van der Waals surface area contributed by atoms with Crippen molar-refractivity contribution in [2.45, 2.75) is 13.8 Å². The number of hydrogen-bond acceptors (Lipinski definition) is 5. The summed E-state index contributed by atoms with van der Waals surface area (Å²) >= 11 is 1.59. The van der Waals surface area contributed by atoms with Crippen molar-refractivity contribution in [2.75, 3.05) is 25.6 Å². The molecule has 0 radical (unpaired) electrons. The van der Waals surface area contributed by atoms with Gasteiger partial charge in [-0.2, -0.15) is 0 Å². The Kier molecular flexibility index (Phi) is 3.81. The van der Waals surface area contributed by atoms with Crippen LogP contribution in [0.15, 0.2) is 15.9 Å². The maximum Gasteiger partial charge on any atom is 0.183 e. The van der Waals surface area contributed by atoms with Gasteiger partial charge < -0.3 is 14.5 Å². The number of hydrogen-bond donors (Lipinski definition) is 1. The van der Waals surface area contributed by atoms with Crippen LogP contribution in [0.1, 0.15) is 11.5 Å². The molecule has 0 aliphatic rings. The highest BCUT2D eigenvalue weighted by Crippen LogP contribution is 2.29. The second-order valence-electron chi connectivity index (χ2n) is 3.78. The zero-order chi connectivity index (χ0) is 12.3. The van der Waals surface area contributed by atoms with Gasteiger partial charge in [0.05, 0.1) is 12.3 Å². The summed E-state index contributed by atoms with van der Waals surface area (Å²) in [7, 11) is 1.69. The molecule has 4 nitrogen and oxygen atoms in total. The lowest BCUT2D eigenvalue weighted by Crippen LogP contribution is -2.06. The second-order valence-corrected chi connectivity index (χ2v) is 4.64. The summed E-state index contributed by atoms with van der Waals surface area (Å²) in [5.41, 5.74) is 2.03. The van der Waals surface area contributed by atoms with Crippen molar-refractivity contribution in [1.29, 1.82) is 0 Å². The van der Waals surface area contributed by atoms with Crippen molar-refractivity contribution < 1.29 is 9.15 Å². The molecule has 2 heterocycles. The van der Waals surface area contributed by atoms with Gasteiger partial charge in [-0.3, -0.25) is 0 Å². The minimum absolute atomic E-state index is 0.679. The van der Waals surface area contributed by atoms with Crippen molar-refractivity contribution in [3.63, 3.8) is 0 Å². The van der Waals surface area contributed by atoms with Crippen LogP contribution in [0.2, 0.25) is 0 Å². The van der Waals surface area contributed by atoms with Gasteiger partial charge in [-0.1, -0.05) is 0 Å². The molecule has 2 aromatic rings.